The van der Waals surface area contributed by atoms with Gasteiger partial charge in [-0.3, -0.25) is 14.5 Å². The second-order valence-electron chi connectivity index (χ2n) is 9.04. The van der Waals surface area contributed by atoms with Crippen molar-refractivity contribution in [2.24, 2.45) is 0 Å². The molecule has 3 heterocycles. The van der Waals surface area contributed by atoms with Crippen molar-refractivity contribution in [3.05, 3.63) is 68.6 Å². The molecule has 1 amide bonds. The van der Waals surface area contributed by atoms with Gasteiger partial charge in [-0.2, -0.15) is 0 Å². The number of amides is 1. The Morgan fingerprint density at radius 1 is 1.00 bits per heavy atom. The maximum absolute atomic E-state index is 13.9. The molecule has 5 rings (SSSR count). The van der Waals surface area contributed by atoms with Crippen LogP contribution in [-0.4, -0.2) is 69.3 Å². The van der Waals surface area contributed by atoms with Gasteiger partial charge in [0.05, 0.1) is 44.4 Å². The molecule has 0 bridgehead atoms. The number of rotatable bonds is 6. The molecule has 0 radical (unpaired) electrons. The molecule has 2 aliphatic rings. The summed E-state index contributed by atoms with van der Waals surface area (Å²) in [7, 11) is 3.13. The fraction of sp³-hybridized carbons (Fsp3) is 0.407. The molecule has 0 aliphatic carbocycles. The van der Waals surface area contributed by atoms with Crippen molar-refractivity contribution in [3.63, 3.8) is 0 Å². The summed E-state index contributed by atoms with van der Waals surface area (Å²) in [5, 5.41) is 0.474. The van der Waals surface area contributed by atoms with E-state index in [4.69, 9.17) is 18.6 Å². The molecule has 1 saturated heterocycles. The van der Waals surface area contributed by atoms with Crippen molar-refractivity contribution in [1.82, 2.24) is 9.80 Å². The summed E-state index contributed by atoms with van der Waals surface area (Å²) in [6, 6.07) is 8.54. The number of methoxy groups -OCH3 is 2. The van der Waals surface area contributed by atoms with Gasteiger partial charge in [-0.25, -0.2) is 0 Å². The number of para-hydroxylation sites is 1. The summed E-state index contributed by atoms with van der Waals surface area (Å²) < 4.78 is 22.8. The molecule has 1 unspecified atom stereocenters. The van der Waals surface area contributed by atoms with Crippen molar-refractivity contribution in [3.8, 4) is 11.5 Å². The Morgan fingerprint density at radius 3 is 2.46 bits per heavy atom. The number of ether oxygens (including phenoxy) is 3. The summed E-state index contributed by atoms with van der Waals surface area (Å²) in [6.07, 6.45) is 0. The largest absolute Gasteiger partial charge is 0.493 e. The van der Waals surface area contributed by atoms with E-state index in [0.717, 1.165) is 24.2 Å². The third-order valence-electron chi connectivity index (χ3n) is 7.07. The lowest BCUT2D eigenvalue weighted by molar-refractivity contribution is 0.0314. The second kappa shape index (κ2) is 9.36. The fourth-order valence-electron chi connectivity index (χ4n) is 5.03. The average molecular weight is 479 g/mol. The number of aryl methyl sites for hydroxylation is 2. The molecule has 1 fully saturated rings. The highest BCUT2D eigenvalue weighted by molar-refractivity contribution is 5.99. The molecular weight excluding hydrogens is 448 g/mol. The Labute approximate surface area is 204 Å². The zero-order valence-corrected chi connectivity index (χ0v) is 20.6. The van der Waals surface area contributed by atoms with Crippen molar-refractivity contribution < 1.29 is 23.4 Å². The van der Waals surface area contributed by atoms with Crippen molar-refractivity contribution in [1.29, 1.82) is 0 Å². The van der Waals surface area contributed by atoms with Crippen LogP contribution in [0.1, 0.15) is 38.9 Å². The fourth-order valence-corrected chi connectivity index (χ4v) is 5.03. The van der Waals surface area contributed by atoms with Gasteiger partial charge < -0.3 is 23.5 Å². The minimum Gasteiger partial charge on any atom is -0.493 e. The predicted molar refractivity (Wildman–Crippen MR) is 132 cm³/mol. The first-order valence-corrected chi connectivity index (χ1v) is 11.8. The van der Waals surface area contributed by atoms with Crippen LogP contribution in [-0.2, 0) is 4.74 Å². The summed E-state index contributed by atoms with van der Waals surface area (Å²) in [5.41, 5.74) is 3.27. The standard InChI is InChI=1S/C27H30N2O6/c1-16-14-19-21(15-17(16)2)35-26-22(24(19)30)23(18-6-5-7-20(32-3)25(18)33-4)29(27(26)31)9-8-28-10-12-34-13-11-28/h5-7,14-15,23H,8-13H2,1-4H3. The smallest absolute Gasteiger partial charge is 0.290 e. The van der Waals surface area contributed by atoms with Gasteiger partial charge in [-0.1, -0.05) is 12.1 Å². The molecule has 8 nitrogen and oxygen atoms in total. The molecule has 2 aromatic carbocycles. The molecule has 2 aliphatic heterocycles. The molecule has 184 valence electrons. The van der Waals surface area contributed by atoms with E-state index >= 15 is 0 Å². The quantitative estimate of drug-likeness (QED) is 0.538. The Balaban J connectivity index is 1.68. The summed E-state index contributed by atoms with van der Waals surface area (Å²) in [5.74, 6) is 0.843. The van der Waals surface area contributed by atoms with Gasteiger partial charge in [-0.05, 0) is 43.2 Å². The first kappa shape index (κ1) is 23.4. The van der Waals surface area contributed by atoms with Gasteiger partial charge in [0.1, 0.15) is 5.58 Å². The van der Waals surface area contributed by atoms with Crippen molar-refractivity contribution >= 4 is 16.9 Å². The topological polar surface area (TPSA) is 81.5 Å². The first-order chi connectivity index (χ1) is 16.9. The van der Waals surface area contributed by atoms with Crippen LogP contribution in [0.3, 0.4) is 0 Å². The van der Waals surface area contributed by atoms with Crippen LogP contribution in [0.5, 0.6) is 11.5 Å². The molecule has 1 atom stereocenters. The van der Waals surface area contributed by atoms with Crippen LogP contribution in [0.25, 0.3) is 11.0 Å². The molecule has 35 heavy (non-hydrogen) atoms. The number of nitrogens with zero attached hydrogens (tertiary/aromatic N) is 2. The maximum atomic E-state index is 13.9. The lowest BCUT2D eigenvalue weighted by Crippen LogP contribution is -2.42. The second-order valence-corrected chi connectivity index (χ2v) is 9.04. The van der Waals surface area contributed by atoms with Gasteiger partial charge in [0.2, 0.25) is 5.76 Å². The zero-order chi connectivity index (χ0) is 24.7. The minimum absolute atomic E-state index is 0.0996. The molecule has 3 aromatic rings. The lowest BCUT2D eigenvalue weighted by atomic mass is 9.96. The monoisotopic (exact) mass is 478 g/mol. The Kier molecular flexibility index (Phi) is 6.25. The highest BCUT2D eigenvalue weighted by Crippen LogP contribution is 2.44. The van der Waals surface area contributed by atoms with Gasteiger partial charge in [-0.15, -0.1) is 0 Å². The van der Waals surface area contributed by atoms with Crippen LogP contribution in [0.4, 0.5) is 0 Å². The molecule has 0 N–H and O–H groups in total. The van der Waals surface area contributed by atoms with Crippen LogP contribution >= 0.6 is 0 Å². The number of morpholine rings is 1. The van der Waals surface area contributed by atoms with E-state index < -0.39 is 6.04 Å². The van der Waals surface area contributed by atoms with Crippen LogP contribution < -0.4 is 14.9 Å². The Morgan fingerprint density at radius 2 is 1.74 bits per heavy atom. The zero-order valence-electron chi connectivity index (χ0n) is 20.6. The van der Waals surface area contributed by atoms with Crippen LogP contribution in [0.15, 0.2) is 39.5 Å². The summed E-state index contributed by atoms with van der Waals surface area (Å²) in [6.45, 7) is 7.98. The molecular formula is C27H30N2O6. The van der Waals surface area contributed by atoms with Crippen LogP contribution in [0.2, 0.25) is 0 Å². The van der Waals surface area contributed by atoms with E-state index in [9.17, 15) is 9.59 Å². The number of benzene rings is 2. The Bertz CT molecular complexity index is 1340. The number of hydrogen-bond donors (Lipinski definition) is 0. The van der Waals surface area contributed by atoms with E-state index in [2.05, 4.69) is 4.90 Å². The van der Waals surface area contributed by atoms with E-state index in [1.165, 1.54) is 0 Å². The van der Waals surface area contributed by atoms with Gasteiger partial charge in [0.25, 0.3) is 5.91 Å². The normalized spacial score (nSPS) is 18.2. The van der Waals surface area contributed by atoms with E-state index in [0.29, 0.717) is 59.9 Å². The van der Waals surface area contributed by atoms with Crippen molar-refractivity contribution in [2.75, 3.05) is 53.6 Å². The highest BCUT2D eigenvalue weighted by Gasteiger charge is 2.44. The average Bonchev–Trinajstić information content (AvgIpc) is 3.15. The maximum Gasteiger partial charge on any atom is 0.290 e. The van der Waals surface area contributed by atoms with Gasteiger partial charge >= 0.3 is 0 Å². The SMILES string of the molecule is COc1cccc(C2c3c(oc4cc(C)c(C)cc4c3=O)C(=O)N2CCN2CCOCC2)c1OC. The lowest BCUT2D eigenvalue weighted by Gasteiger charge is -2.31. The van der Waals surface area contributed by atoms with E-state index in [1.54, 1.807) is 25.2 Å². The van der Waals surface area contributed by atoms with Gasteiger partial charge in [0.15, 0.2) is 16.9 Å². The van der Waals surface area contributed by atoms with Crippen molar-refractivity contribution in [2.45, 2.75) is 19.9 Å². The molecule has 0 spiro atoms. The first-order valence-electron chi connectivity index (χ1n) is 11.8. The predicted octanol–water partition coefficient (Wildman–Crippen LogP) is 3.30. The third-order valence-corrected chi connectivity index (χ3v) is 7.07. The van der Waals surface area contributed by atoms with E-state index in [-0.39, 0.29) is 17.1 Å². The number of fused-ring (bicyclic) bond motifs is 2. The highest BCUT2D eigenvalue weighted by atomic mass is 16.5. The number of carbonyl (C=O) groups is 1. The molecule has 0 saturated carbocycles. The van der Waals surface area contributed by atoms with Crippen LogP contribution in [0, 0.1) is 13.8 Å². The van der Waals surface area contributed by atoms with E-state index in [1.807, 2.05) is 38.1 Å². The summed E-state index contributed by atoms with van der Waals surface area (Å²) in [4.78, 5) is 31.6. The Hall–Kier alpha value is -3.36. The third kappa shape index (κ3) is 3.96. The number of hydrogen-bond acceptors (Lipinski definition) is 7. The number of carbonyl (C=O) groups excluding carboxylic acids is 1. The summed E-state index contributed by atoms with van der Waals surface area (Å²) >= 11 is 0. The molecule has 8 heteroatoms. The molecule has 1 aromatic heterocycles. The minimum atomic E-state index is -0.647. The van der Waals surface area contributed by atoms with Gasteiger partial charge in [0, 0.05) is 31.7 Å².